The molecule has 0 bridgehead atoms. The van der Waals surface area contributed by atoms with E-state index < -0.39 is 0 Å². The van der Waals surface area contributed by atoms with E-state index in [4.69, 9.17) is 11.1 Å². The molecule has 1 aromatic heterocycles. The van der Waals surface area contributed by atoms with Crippen LogP contribution < -0.4 is 5.73 Å². The summed E-state index contributed by atoms with van der Waals surface area (Å²) in [6.45, 7) is 1.94. The first-order valence-corrected chi connectivity index (χ1v) is 4.54. The van der Waals surface area contributed by atoms with Crippen molar-refractivity contribution in [2.75, 3.05) is 5.75 Å². The van der Waals surface area contributed by atoms with E-state index in [9.17, 15) is 0 Å². The van der Waals surface area contributed by atoms with Crippen LogP contribution in [0, 0.1) is 12.3 Å². The minimum absolute atomic E-state index is 0.193. The van der Waals surface area contributed by atoms with Crippen molar-refractivity contribution in [1.82, 2.24) is 9.78 Å². The van der Waals surface area contributed by atoms with E-state index >= 15 is 0 Å². The Labute approximate surface area is 75.6 Å². The van der Waals surface area contributed by atoms with Crippen molar-refractivity contribution in [3.05, 3.63) is 11.8 Å². The predicted octanol–water partition coefficient (Wildman–Crippen LogP) is 0.757. The zero-order valence-corrected chi connectivity index (χ0v) is 7.98. The van der Waals surface area contributed by atoms with E-state index in [-0.39, 0.29) is 5.84 Å². The third-order valence-corrected chi connectivity index (χ3v) is 2.47. The summed E-state index contributed by atoms with van der Waals surface area (Å²) in [6, 6.07) is 1.98. The van der Waals surface area contributed by atoms with Gasteiger partial charge in [-0.1, -0.05) is 11.8 Å². The van der Waals surface area contributed by atoms with Gasteiger partial charge in [-0.15, -0.1) is 0 Å². The van der Waals surface area contributed by atoms with E-state index in [0.717, 1.165) is 10.7 Å². The maximum atomic E-state index is 7.05. The van der Waals surface area contributed by atoms with E-state index in [1.54, 1.807) is 4.68 Å². The third kappa shape index (κ3) is 2.27. The molecular formula is C7H12N4S. The van der Waals surface area contributed by atoms with Crippen LogP contribution in [0.3, 0.4) is 0 Å². The molecule has 1 aromatic rings. The van der Waals surface area contributed by atoms with Crippen molar-refractivity contribution in [2.24, 2.45) is 12.8 Å². The van der Waals surface area contributed by atoms with Crippen LogP contribution in [-0.4, -0.2) is 21.4 Å². The van der Waals surface area contributed by atoms with Gasteiger partial charge in [-0.2, -0.15) is 5.10 Å². The molecule has 0 aliphatic rings. The molecule has 0 aliphatic heterocycles. The molecule has 0 atom stereocenters. The van der Waals surface area contributed by atoms with Crippen molar-refractivity contribution < 1.29 is 0 Å². The fraction of sp³-hybridized carbons (Fsp3) is 0.429. The second-order valence-electron chi connectivity index (χ2n) is 2.56. The van der Waals surface area contributed by atoms with E-state index in [0.29, 0.717) is 5.75 Å². The Morgan fingerprint density at radius 3 is 2.92 bits per heavy atom. The number of rotatable bonds is 3. The van der Waals surface area contributed by atoms with E-state index in [1.807, 2.05) is 20.0 Å². The van der Waals surface area contributed by atoms with Crippen LogP contribution in [0.25, 0.3) is 0 Å². The highest BCUT2D eigenvalue weighted by Crippen LogP contribution is 2.17. The van der Waals surface area contributed by atoms with Crippen LogP contribution in [0.15, 0.2) is 11.1 Å². The lowest BCUT2D eigenvalue weighted by Gasteiger charge is -1.98. The van der Waals surface area contributed by atoms with Crippen LogP contribution in [-0.2, 0) is 7.05 Å². The van der Waals surface area contributed by atoms with Crippen molar-refractivity contribution >= 4 is 17.6 Å². The highest BCUT2D eigenvalue weighted by atomic mass is 32.2. The maximum Gasteiger partial charge on any atom is 0.101 e. The number of aryl methyl sites for hydroxylation is 2. The molecular weight excluding hydrogens is 172 g/mol. The number of hydrogen-bond donors (Lipinski definition) is 2. The second kappa shape index (κ2) is 3.62. The van der Waals surface area contributed by atoms with Gasteiger partial charge in [-0.3, -0.25) is 10.1 Å². The van der Waals surface area contributed by atoms with E-state index in [1.165, 1.54) is 11.8 Å². The number of hydrogen-bond acceptors (Lipinski definition) is 3. The van der Waals surface area contributed by atoms with Gasteiger partial charge in [0.2, 0.25) is 0 Å². The number of nitrogens with zero attached hydrogens (tertiary/aromatic N) is 2. The smallest absolute Gasteiger partial charge is 0.101 e. The fourth-order valence-electron chi connectivity index (χ4n) is 0.874. The van der Waals surface area contributed by atoms with Crippen LogP contribution in [0.4, 0.5) is 0 Å². The minimum atomic E-state index is 0.193. The lowest BCUT2D eigenvalue weighted by atomic mass is 10.5. The summed E-state index contributed by atoms with van der Waals surface area (Å²) in [5, 5.41) is 12.3. The van der Waals surface area contributed by atoms with Gasteiger partial charge in [-0.25, -0.2) is 0 Å². The summed E-state index contributed by atoms with van der Waals surface area (Å²) in [7, 11) is 1.88. The standard InChI is InChI=1S/C7H12N4S/c1-5-3-7(11(2)10-5)12-4-6(8)9/h3H,4H2,1-2H3,(H3,8,9). The highest BCUT2D eigenvalue weighted by molar-refractivity contribution is 7.99. The second-order valence-corrected chi connectivity index (χ2v) is 3.56. The minimum Gasteiger partial charge on any atom is -0.387 e. The Morgan fingerprint density at radius 1 is 1.83 bits per heavy atom. The molecule has 0 fully saturated rings. The lowest BCUT2D eigenvalue weighted by Crippen LogP contribution is -2.12. The molecule has 0 unspecified atom stereocenters. The largest absolute Gasteiger partial charge is 0.387 e. The van der Waals surface area contributed by atoms with Crippen molar-refractivity contribution in [1.29, 1.82) is 5.41 Å². The summed E-state index contributed by atoms with van der Waals surface area (Å²) in [5.41, 5.74) is 6.22. The first-order valence-electron chi connectivity index (χ1n) is 3.56. The van der Waals surface area contributed by atoms with Crippen LogP contribution >= 0.6 is 11.8 Å². The molecule has 0 spiro atoms. The number of aromatic nitrogens is 2. The molecule has 66 valence electrons. The Hall–Kier alpha value is -0.970. The number of thioether (sulfide) groups is 1. The molecule has 0 saturated heterocycles. The third-order valence-electron chi connectivity index (χ3n) is 1.33. The molecule has 4 nitrogen and oxygen atoms in total. The van der Waals surface area contributed by atoms with Gasteiger partial charge in [0, 0.05) is 7.05 Å². The molecule has 0 saturated carbocycles. The molecule has 1 heterocycles. The van der Waals surface area contributed by atoms with Gasteiger partial charge in [0.15, 0.2) is 0 Å². The zero-order valence-electron chi connectivity index (χ0n) is 7.16. The molecule has 0 aromatic carbocycles. The molecule has 0 amide bonds. The van der Waals surface area contributed by atoms with Gasteiger partial charge < -0.3 is 5.73 Å². The van der Waals surface area contributed by atoms with Gasteiger partial charge in [0.1, 0.15) is 5.84 Å². The van der Waals surface area contributed by atoms with Gasteiger partial charge in [0.25, 0.3) is 0 Å². The zero-order chi connectivity index (χ0) is 9.14. The summed E-state index contributed by atoms with van der Waals surface area (Å²) >= 11 is 1.53. The van der Waals surface area contributed by atoms with Gasteiger partial charge in [0.05, 0.1) is 16.5 Å². The highest BCUT2D eigenvalue weighted by Gasteiger charge is 2.02. The molecule has 0 aliphatic carbocycles. The summed E-state index contributed by atoms with van der Waals surface area (Å²) in [6.07, 6.45) is 0. The number of amidine groups is 1. The number of nitrogens with one attached hydrogen (secondary N) is 1. The van der Waals surface area contributed by atoms with Crippen LogP contribution in [0.5, 0.6) is 0 Å². The monoisotopic (exact) mass is 184 g/mol. The average molecular weight is 184 g/mol. The summed E-state index contributed by atoms with van der Waals surface area (Å²) < 4.78 is 1.79. The van der Waals surface area contributed by atoms with E-state index in [2.05, 4.69) is 5.10 Å². The van der Waals surface area contributed by atoms with Crippen molar-refractivity contribution in [2.45, 2.75) is 11.9 Å². The van der Waals surface area contributed by atoms with Crippen LogP contribution in [0.2, 0.25) is 0 Å². The normalized spacial score (nSPS) is 10.2. The molecule has 3 N–H and O–H groups in total. The quantitative estimate of drug-likeness (QED) is 0.414. The predicted molar refractivity (Wildman–Crippen MR) is 50.6 cm³/mol. The number of nitrogens with two attached hydrogens (primary N) is 1. The summed E-state index contributed by atoms with van der Waals surface area (Å²) in [4.78, 5) is 0. The maximum absolute atomic E-state index is 7.05. The lowest BCUT2D eigenvalue weighted by molar-refractivity contribution is 0.693. The average Bonchev–Trinajstić information content (AvgIpc) is 2.26. The fourth-order valence-corrected chi connectivity index (χ4v) is 1.66. The molecule has 0 radical (unpaired) electrons. The molecule has 5 heteroatoms. The first-order chi connectivity index (χ1) is 5.59. The Morgan fingerprint density at radius 2 is 2.50 bits per heavy atom. The first kappa shape index (κ1) is 9.12. The molecule has 1 rings (SSSR count). The Bertz CT molecular complexity index is 292. The SMILES string of the molecule is Cc1cc(SCC(=N)N)n(C)n1. The Kier molecular flexibility index (Phi) is 2.75. The molecule has 12 heavy (non-hydrogen) atoms. The van der Waals surface area contributed by atoms with Crippen molar-refractivity contribution in [3.8, 4) is 0 Å². The summed E-state index contributed by atoms with van der Waals surface area (Å²) in [5.74, 6) is 0.720. The van der Waals surface area contributed by atoms with Crippen molar-refractivity contribution in [3.63, 3.8) is 0 Å². The van der Waals surface area contributed by atoms with Gasteiger partial charge >= 0.3 is 0 Å². The van der Waals surface area contributed by atoms with Gasteiger partial charge in [-0.05, 0) is 13.0 Å². The topological polar surface area (TPSA) is 67.7 Å². The Balaban J connectivity index is 2.62. The van der Waals surface area contributed by atoms with Crippen LogP contribution in [0.1, 0.15) is 5.69 Å².